The summed E-state index contributed by atoms with van der Waals surface area (Å²) in [5.74, 6) is -0.725. The molecule has 0 atom stereocenters. The fourth-order valence-electron chi connectivity index (χ4n) is 1.94. The van der Waals surface area contributed by atoms with Crippen LogP contribution in [0.25, 0.3) is 0 Å². The molecule has 0 radical (unpaired) electrons. The van der Waals surface area contributed by atoms with Gasteiger partial charge >= 0.3 is 5.97 Å². The number of carbonyl (C=O) groups excluding carboxylic acids is 1. The zero-order valence-corrected chi connectivity index (χ0v) is 9.45. The van der Waals surface area contributed by atoms with Crippen LogP contribution < -0.4 is 0 Å². The van der Waals surface area contributed by atoms with Crippen molar-refractivity contribution in [1.82, 2.24) is 4.90 Å². The first-order valence-electron chi connectivity index (χ1n) is 5.51. The van der Waals surface area contributed by atoms with Gasteiger partial charge in [0.1, 0.15) is 0 Å². The minimum Gasteiger partial charge on any atom is -0.481 e. The Kier molecular flexibility index (Phi) is 3.72. The standard InChI is InChI=1S/C11H19NO3/c1-3-12(8-5-9(13)14)10(15)11(2)6-4-7-11/h3-8H2,1-2H3,(H,13,14). The average molecular weight is 213 g/mol. The number of aliphatic carboxylic acids is 1. The average Bonchev–Trinajstić information content (AvgIpc) is 2.14. The molecule has 1 amide bonds. The number of carbonyl (C=O) groups is 2. The van der Waals surface area contributed by atoms with E-state index in [2.05, 4.69) is 0 Å². The minimum absolute atomic E-state index is 0.0374. The lowest BCUT2D eigenvalue weighted by atomic mass is 9.69. The van der Waals surface area contributed by atoms with Crippen molar-refractivity contribution in [1.29, 1.82) is 0 Å². The van der Waals surface area contributed by atoms with E-state index in [4.69, 9.17) is 5.11 Å². The third-order valence-electron chi connectivity index (χ3n) is 3.24. The van der Waals surface area contributed by atoms with Crippen LogP contribution in [0.5, 0.6) is 0 Å². The molecule has 1 N–H and O–H groups in total. The van der Waals surface area contributed by atoms with Crippen LogP contribution in [-0.2, 0) is 9.59 Å². The number of hydrogen-bond donors (Lipinski definition) is 1. The van der Waals surface area contributed by atoms with Crippen molar-refractivity contribution in [2.24, 2.45) is 5.41 Å². The highest BCUT2D eigenvalue weighted by Gasteiger charge is 2.41. The van der Waals surface area contributed by atoms with Gasteiger partial charge in [0, 0.05) is 18.5 Å². The molecule has 0 unspecified atom stereocenters. The summed E-state index contributed by atoms with van der Waals surface area (Å²) in [6, 6.07) is 0. The molecule has 1 fully saturated rings. The Morgan fingerprint density at radius 3 is 2.33 bits per heavy atom. The predicted molar refractivity (Wildman–Crippen MR) is 56.5 cm³/mol. The van der Waals surface area contributed by atoms with Crippen LogP contribution in [0.2, 0.25) is 0 Å². The molecule has 4 heteroatoms. The van der Waals surface area contributed by atoms with Crippen LogP contribution in [0.3, 0.4) is 0 Å². The molecule has 15 heavy (non-hydrogen) atoms. The number of rotatable bonds is 5. The van der Waals surface area contributed by atoms with Crippen LogP contribution in [0, 0.1) is 5.41 Å². The largest absolute Gasteiger partial charge is 0.481 e. The number of hydrogen-bond acceptors (Lipinski definition) is 2. The number of nitrogens with zero attached hydrogens (tertiary/aromatic N) is 1. The van der Waals surface area contributed by atoms with E-state index in [0.717, 1.165) is 19.3 Å². The Morgan fingerprint density at radius 1 is 1.40 bits per heavy atom. The lowest BCUT2D eigenvalue weighted by Gasteiger charge is -2.40. The van der Waals surface area contributed by atoms with E-state index in [1.807, 2.05) is 13.8 Å². The lowest BCUT2D eigenvalue weighted by Crippen LogP contribution is -2.46. The van der Waals surface area contributed by atoms with Gasteiger partial charge in [-0.05, 0) is 19.8 Å². The summed E-state index contributed by atoms with van der Waals surface area (Å²) in [4.78, 5) is 24.1. The van der Waals surface area contributed by atoms with Gasteiger partial charge in [0.25, 0.3) is 0 Å². The molecular formula is C11H19NO3. The maximum atomic E-state index is 12.0. The van der Waals surface area contributed by atoms with E-state index in [1.54, 1.807) is 4.90 Å². The zero-order valence-electron chi connectivity index (χ0n) is 9.45. The van der Waals surface area contributed by atoms with E-state index < -0.39 is 5.97 Å². The van der Waals surface area contributed by atoms with Crippen molar-refractivity contribution in [2.45, 2.75) is 39.5 Å². The molecule has 1 aliphatic rings. The Hall–Kier alpha value is -1.06. The van der Waals surface area contributed by atoms with Crippen molar-refractivity contribution in [2.75, 3.05) is 13.1 Å². The molecule has 0 aliphatic heterocycles. The summed E-state index contributed by atoms with van der Waals surface area (Å²) >= 11 is 0. The van der Waals surface area contributed by atoms with Gasteiger partial charge in [0.2, 0.25) is 5.91 Å². The molecule has 0 aromatic heterocycles. The quantitative estimate of drug-likeness (QED) is 0.753. The topological polar surface area (TPSA) is 57.6 Å². The molecule has 1 aliphatic carbocycles. The summed E-state index contributed by atoms with van der Waals surface area (Å²) in [6.07, 6.45) is 3.03. The Labute approximate surface area is 90.3 Å². The molecule has 1 rings (SSSR count). The molecule has 0 aromatic carbocycles. The maximum absolute atomic E-state index is 12.0. The number of amides is 1. The van der Waals surface area contributed by atoms with Crippen molar-refractivity contribution >= 4 is 11.9 Å². The second-order valence-corrected chi connectivity index (χ2v) is 4.44. The van der Waals surface area contributed by atoms with Gasteiger partial charge in [0.05, 0.1) is 6.42 Å². The van der Waals surface area contributed by atoms with Crippen LogP contribution in [-0.4, -0.2) is 35.0 Å². The highest BCUT2D eigenvalue weighted by molar-refractivity contribution is 5.83. The first kappa shape index (κ1) is 12.0. The predicted octanol–water partition coefficient (Wildman–Crippen LogP) is 1.50. The highest BCUT2D eigenvalue weighted by atomic mass is 16.4. The first-order chi connectivity index (χ1) is 6.99. The van der Waals surface area contributed by atoms with Gasteiger partial charge in [0.15, 0.2) is 0 Å². The molecule has 1 saturated carbocycles. The van der Waals surface area contributed by atoms with E-state index in [9.17, 15) is 9.59 Å². The maximum Gasteiger partial charge on any atom is 0.305 e. The van der Waals surface area contributed by atoms with E-state index >= 15 is 0 Å². The summed E-state index contributed by atoms with van der Waals surface area (Å²) in [6.45, 7) is 4.80. The molecule has 0 aromatic rings. The molecule has 86 valence electrons. The fraction of sp³-hybridized carbons (Fsp3) is 0.818. The first-order valence-corrected chi connectivity index (χ1v) is 5.51. The van der Waals surface area contributed by atoms with E-state index in [0.29, 0.717) is 13.1 Å². The summed E-state index contributed by atoms with van der Waals surface area (Å²) in [5.41, 5.74) is -0.214. The molecule has 0 heterocycles. The van der Waals surface area contributed by atoms with Gasteiger partial charge < -0.3 is 10.0 Å². The molecular weight excluding hydrogens is 194 g/mol. The SMILES string of the molecule is CCN(CCC(=O)O)C(=O)C1(C)CCC1. The van der Waals surface area contributed by atoms with Crippen molar-refractivity contribution < 1.29 is 14.7 Å². The number of carboxylic acids is 1. The summed E-state index contributed by atoms with van der Waals surface area (Å²) in [5, 5.41) is 8.58. The van der Waals surface area contributed by atoms with Crippen LogP contribution >= 0.6 is 0 Å². The number of carboxylic acid groups (broad SMARTS) is 1. The zero-order chi connectivity index (χ0) is 11.5. The molecule has 0 spiro atoms. The third kappa shape index (κ3) is 2.70. The van der Waals surface area contributed by atoms with Crippen molar-refractivity contribution in [3.8, 4) is 0 Å². The van der Waals surface area contributed by atoms with Gasteiger partial charge in [-0.3, -0.25) is 9.59 Å². The Morgan fingerprint density at radius 2 is 2.00 bits per heavy atom. The molecule has 0 bridgehead atoms. The van der Waals surface area contributed by atoms with Gasteiger partial charge in [-0.25, -0.2) is 0 Å². The van der Waals surface area contributed by atoms with Crippen molar-refractivity contribution in [3.05, 3.63) is 0 Å². The lowest BCUT2D eigenvalue weighted by molar-refractivity contribution is -0.147. The summed E-state index contributed by atoms with van der Waals surface area (Å²) in [7, 11) is 0. The van der Waals surface area contributed by atoms with Crippen molar-refractivity contribution in [3.63, 3.8) is 0 Å². The van der Waals surface area contributed by atoms with Gasteiger partial charge in [-0.1, -0.05) is 13.3 Å². The van der Waals surface area contributed by atoms with Gasteiger partial charge in [-0.15, -0.1) is 0 Å². The van der Waals surface area contributed by atoms with Crippen LogP contribution in [0.15, 0.2) is 0 Å². The van der Waals surface area contributed by atoms with E-state index in [-0.39, 0.29) is 17.7 Å². The van der Waals surface area contributed by atoms with E-state index in [1.165, 1.54) is 0 Å². The highest BCUT2D eigenvalue weighted by Crippen LogP contribution is 2.41. The molecule has 4 nitrogen and oxygen atoms in total. The Balaban J connectivity index is 2.50. The fourth-order valence-corrected chi connectivity index (χ4v) is 1.94. The Bertz CT molecular complexity index is 259. The second-order valence-electron chi connectivity index (χ2n) is 4.44. The molecule has 0 saturated heterocycles. The minimum atomic E-state index is -0.847. The van der Waals surface area contributed by atoms with Crippen LogP contribution in [0.4, 0.5) is 0 Å². The second kappa shape index (κ2) is 4.64. The van der Waals surface area contributed by atoms with Crippen LogP contribution in [0.1, 0.15) is 39.5 Å². The van der Waals surface area contributed by atoms with Gasteiger partial charge in [-0.2, -0.15) is 0 Å². The smallest absolute Gasteiger partial charge is 0.305 e. The summed E-state index contributed by atoms with van der Waals surface area (Å²) < 4.78 is 0. The monoisotopic (exact) mass is 213 g/mol. The third-order valence-corrected chi connectivity index (χ3v) is 3.24. The normalized spacial score (nSPS) is 18.0.